The summed E-state index contributed by atoms with van der Waals surface area (Å²) in [6.07, 6.45) is 3.00. The molecule has 37 heavy (non-hydrogen) atoms. The number of hydrogen-bond donors (Lipinski definition) is 1. The number of hydrogen-bond acceptors (Lipinski definition) is 7. The molecule has 0 unspecified atom stereocenters. The number of carbonyl (C=O) groups excluding carboxylic acids is 1. The molecule has 0 radical (unpaired) electrons. The normalized spacial score (nSPS) is 15.5. The van der Waals surface area contributed by atoms with Gasteiger partial charge in [-0.25, -0.2) is 9.79 Å². The molecule has 0 fully saturated rings. The van der Waals surface area contributed by atoms with Crippen molar-refractivity contribution in [1.29, 1.82) is 0 Å². The molecule has 1 N–H and O–H groups in total. The molecule has 8 heteroatoms. The first-order valence-electron chi connectivity index (χ1n) is 12.5. The molecule has 0 aliphatic carbocycles. The summed E-state index contributed by atoms with van der Waals surface area (Å²) in [6.45, 7) is 8.25. The number of phenols is 1. The maximum Gasteiger partial charge on any atom is 0.338 e. The Balaban J connectivity index is 1.99. The molecule has 1 aromatic heterocycles. The standard InChI is InChI=1S/C29H32N2O5S/c1-6-9-21-24(28(34)36-7-2)25(19-14-12-18(13-15-19)17(3)4)31-27(33)23(37-29(31)30-21)16-20-10-8-11-22(35-5)26(20)32/h8,10-17,25,32H,6-7,9H2,1-5H3/b23-16-/t25-/m1/s1. The Morgan fingerprint density at radius 3 is 2.54 bits per heavy atom. The van der Waals surface area contributed by atoms with E-state index in [0.29, 0.717) is 44.3 Å². The summed E-state index contributed by atoms with van der Waals surface area (Å²) in [5, 5.41) is 10.6. The highest BCUT2D eigenvalue weighted by molar-refractivity contribution is 7.07. The average Bonchev–Trinajstić information content (AvgIpc) is 3.19. The Hall–Kier alpha value is -3.65. The Labute approximate surface area is 220 Å². The molecule has 0 saturated carbocycles. The number of rotatable bonds is 8. The highest BCUT2D eigenvalue weighted by atomic mass is 32.1. The van der Waals surface area contributed by atoms with E-state index < -0.39 is 12.0 Å². The van der Waals surface area contributed by atoms with Crippen molar-refractivity contribution in [2.24, 2.45) is 4.99 Å². The number of esters is 1. The average molecular weight is 521 g/mol. The molecule has 1 aliphatic rings. The number of aromatic hydroxyl groups is 1. The number of aromatic nitrogens is 1. The van der Waals surface area contributed by atoms with Gasteiger partial charge in [0.2, 0.25) is 0 Å². The number of methoxy groups -OCH3 is 1. The van der Waals surface area contributed by atoms with Gasteiger partial charge in [-0.3, -0.25) is 9.36 Å². The zero-order valence-corrected chi connectivity index (χ0v) is 22.6. The van der Waals surface area contributed by atoms with E-state index in [1.807, 2.05) is 31.2 Å². The van der Waals surface area contributed by atoms with Crippen molar-refractivity contribution in [1.82, 2.24) is 4.57 Å². The number of phenolic OH excluding ortho intramolecular Hbond substituents is 1. The van der Waals surface area contributed by atoms with Gasteiger partial charge in [-0.05, 0) is 42.5 Å². The van der Waals surface area contributed by atoms with Crippen molar-refractivity contribution in [3.05, 3.63) is 90.1 Å². The number of benzene rings is 2. The first kappa shape index (κ1) is 26.4. The minimum absolute atomic E-state index is 0.0458. The van der Waals surface area contributed by atoms with Gasteiger partial charge < -0.3 is 14.6 Å². The van der Waals surface area contributed by atoms with Crippen LogP contribution >= 0.6 is 11.3 Å². The number of para-hydroxylation sites is 1. The fourth-order valence-corrected chi connectivity index (χ4v) is 5.47. The van der Waals surface area contributed by atoms with Crippen molar-refractivity contribution in [3.8, 4) is 11.5 Å². The van der Waals surface area contributed by atoms with Gasteiger partial charge in [0.05, 0.1) is 35.6 Å². The van der Waals surface area contributed by atoms with Gasteiger partial charge in [-0.1, -0.05) is 74.9 Å². The second-order valence-corrected chi connectivity index (χ2v) is 10.1. The number of nitrogens with zero attached hydrogens (tertiary/aromatic N) is 2. The first-order chi connectivity index (χ1) is 17.8. The molecular weight excluding hydrogens is 488 g/mol. The summed E-state index contributed by atoms with van der Waals surface area (Å²) in [5.74, 6) is 0.157. The molecule has 1 atom stereocenters. The minimum atomic E-state index is -0.667. The molecule has 7 nitrogen and oxygen atoms in total. The lowest BCUT2D eigenvalue weighted by Gasteiger charge is -2.26. The molecule has 4 rings (SSSR count). The van der Waals surface area contributed by atoms with Gasteiger partial charge in [0.15, 0.2) is 16.3 Å². The van der Waals surface area contributed by atoms with Gasteiger partial charge in [-0.2, -0.15) is 0 Å². The topological polar surface area (TPSA) is 90.1 Å². The molecule has 0 bridgehead atoms. The van der Waals surface area contributed by atoms with Crippen LogP contribution in [0.1, 0.15) is 69.2 Å². The summed E-state index contributed by atoms with van der Waals surface area (Å²) < 4.78 is 12.6. The second kappa shape index (κ2) is 11.2. The van der Waals surface area contributed by atoms with E-state index in [0.717, 1.165) is 12.0 Å². The Kier molecular flexibility index (Phi) is 7.97. The van der Waals surface area contributed by atoms with E-state index in [1.54, 1.807) is 35.8 Å². The Morgan fingerprint density at radius 2 is 1.92 bits per heavy atom. The summed E-state index contributed by atoms with van der Waals surface area (Å²) in [4.78, 5) is 32.4. The maximum absolute atomic E-state index is 13.8. The zero-order valence-electron chi connectivity index (χ0n) is 21.8. The number of allylic oxidation sites excluding steroid dienone is 1. The van der Waals surface area contributed by atoms with Crippen LogP contribution in [0.5, 0.6) is 11.5 Å². The molecule has 0 amide bonds. The van der Waals surface area contributed by atoms with Crippen LogP contribution in [0.2, 0.25) is 0 Å². The van der Waals surface area contributed by atoms with Gasteiger partial charge in [0, 0.05) is 5.56 Å². The molecule has 194 valence electrons. The molecule has 0 saturated heterocycles. The van der Waals surface area contributed by atoms with E-state index in [4.69, 9.17) is 14.5 Å². The lowest BCUT2D eigenvalue weighted by atomic mass is 9.92. The third-order valence-corrected chi connectivity index (χ3v) is 7.33. The highest BCUT2D eigenvalue weighted by Gasteiger charge is 2.34. The fourth-order valence-electron chi connectivity index (χ4n) is 4.46. The van der Waals surface area contributed by atoms with Gasteiger partial charge in [0.25, 0.3) is 5.56 Å². The highest BCUT2D eigenvalue weighted by Crippen LogP contribution is 2.33. The predicted molar refractivity (Wildman–Crippen MR) is 145 cm³/mol. The molecule has 2 aromatic carbocycles. The first-order valence-corrected chi connectivity index (χ1v) is 13.3. The van der Waals surface area contributed by atoms with E-state index in [2.05, 4.69) is 13.8 Å². The van der Waals surface area contributed by atoms with Crippen molar-refractivity contribution >= 4 is 23.4 Å². The quantitative estimate of drug-likeness (QED) is 0.444. The van der Waals surface area contributed by atoms with Crippen molar-refractivity contribution in [2.45, 2.75) is 52.5 Å². The lowest BCUT2D eigenvalue weighted by molar-refractivity contribution is -0.139. The van der Waals surface area contributed by atoms with Crippen LogP contribution in [-0.2, 0) is 9.53 Å². The third-order valence-electron chi connectivity index (χ3n) is 6.35. The smallest absolute Gasteiger partial charge is 0.338 e. The van der Waals surface area contributed by atoms with Crippen LogP contribution < -0.4 is 19.6 Å². The van der Waals surface area contributed by atoms with Crippen molar-refractivity contribution in [2.75, 3.05) is 13.7 Å². The van der Waals surface area contributed by atoms with Gasteiger partial charge in [0.1, 0.15) is 0 Å². The Bertz CT molecular complexity index is 1510. The number of carbonyl (C=O) groups is 1. The molecule has 3 aromatic rings. The van der Waals surface area contributed by atoms with Gasteiger partial charge in [-0.15, -0.1) is 0 Å². The number of fused-ring (bicyclic) bond motifs is 1. The number of ether oxygens (including phenoxy) is 2. The van der Waals surface area contributed by atoms with Crippen LogP contribution in [0, 0.1) is 0 Å². The molecule has 2 heterocycles. The van der Waals surface area contributed by atoms with E-state index in [9.17, 15) is 14.7 Å². The zero-order chi connectivity index (χ0) is 26.7. The molecule has 0 spiro atoms. The Morgan fingerprint density at radius 1 is 1.19 bits per heavy atom. The number of thiazole rings is 1. The van der Waals surface area contributed by atoms with Crippen LogP contribution in [0.4, 0.5) is 0 Å². The van der Waals surface area contributed by atoms with E-state index >= 15 is 0 Å². The lowest BCUT2D eigenvalue weighted by Crippen LogP contribution is -2.40. The van der Waals surface area contributed by atoms with Crippen molar-refractivity contribution in [3.63, 3.8) is 0 Å². The maximum atomic E-state index is 13.8. The van der Waals surface area contributed by atoms with Crippen LogP contribution in [0.3, 0.4) is 0 Å². The minimum Gasteiger partial charge on any atom is -0.504 e. The SMILES string of the molecule is CCCC1=C(C(=O)OCC)[C@@H](c2ccc(C(C)C)cc2)n2c(s/c(=C\c3cccc(OC)c3O)c2=O)=N1. The fraction of sp³-hybridized carbons (Fsp3) is 0.345. The molecule has 1 aliphatic heterocycles. The summed E-state index contributed by atoms with van der Waals surface area (Å²) in [6, 6.07) is 12.5. The van der Waals surface area contributed by atoms with Gasteiger partial charge >= 0.3 is 5.97 Å². The molecular formula is C29H32N2O5S. The summed E-state index contributed by atoms with van der Waals surface area (Å²) in [7, 11) is 1.48. The van der Waals surface area contributed by atoms with Crippen LogP contribution in [-0.4, -0.2) is 29.4 Å². The monoisotopic (exact) mass is 520 g/mol. The van der Waals surface area contributed by atoms with E-state index in [-0.39, 0.29) is 17.9 Å². The third kappa shape index (κ3) is 5.11. The van der Waals surface area contributed by atoms with Crippen LogP contribution in [0.25, 0.3) is 6.08 Å². The summed E-state index contributed by atoms with van der Waals surface area (Å²) >= 11 is 1.23. The second-order valence-electron chi connectivity index (χ2n) is 9.13. The van der Waals surface area contributed by atoms with E-state index in [1.165, 1.54) is 24.0 Å². The predicted octanol–water partition coefficient (Wildman–Crippen LogP) is 4.42. The van der Waals surface area contributed by atoms with Crippen molar-refractivity contribution < 1.29 is 19.4 Å². The summed E-state index contributed by atoms with van der Waals surface area (Å²) in [5.41, 5.74) is 3.18. The van der Waals surface area contributed by atoms with Crippen LogP contribution in [0.15, 0.2) is 63.5 Å². The largest absolute Gasteiger partial charge is 0.504 e.